The first-order valence-corrected chi connectivity index (χ1v) is 11.2. The maximum absolute atomic E-state index is 6.42. The molecule has 176 valence electrons. The fourth-order valence-corrected chi connectivity index (χ4v) is 4.18. The number of rotatable bonds is 6. The minimum Gasteiger partial charge on any atom is -0.453 e. The molecule has 1 aliphatic heterocycles. The molecule has 0 saturated heterocycles. The molecule has 2 aromatic carbocycles. The molecular weight excluding hydrogens is 467 g/mol. The SMILES string of the molecule is CCCN(CCC)c1ccc2nc3c4ccccc4c(=Nc4ccncc4)cc-3oc2c1.Cl.Cl. The lowest BCUT2D eigenvalue weighted by atomic mass is 10.0. The van der Waals surface area contributed by atoms with E-state index in [-0.39, 0.29) is 24.8 Å². The van der Waals surface area contributed by atoms with Crippen molar-refractivity contribution in [1.29, 1.82) is 0 Å². The molecule has 0 saturated carbocycles. The third-order valence-corrected chi connectivity index (χ3v) is 5.62. The molecule has 34 heavy (non-hydrogen) atoms. The van der Waals surface area contributed by atoms with E-state index < -0.39 is 0 Å². The van der Waals surface area contributed by atoms with E-state index in [0.717, 1.165) is 70.3 Å². The predicted molar refractivity (Wildman–Crippen MR) is 145 cm³/mol. The van der Waals surface area contributed by atoms with Crippen molar-refractivity contribution in [3.05, 3.63) is 78.4 Å². The zero-order valence-electron chi connectivity index (χ0n) is 19.3. The Bertz CT molecular complexity index is 1410. The second kappa shape index (κ2) is 11.3. The van der Waals surface area contributed by atoms with Crippen LogP contribution in [0.2, 0.25) is 0 Å². The Morgan fingerprint density at radius 3 is 2.26 bits per heavy atom. The van der Waals surface area contributed by atoms with Gasteiger partial charge >= 0.3 is 0 Å². The van der Waals surface area contributed by atoms with Crippen LogP contribution < -0.4 is 10.3 Å². The summed E-state index contributed by atoms with van der Waals surface area (Å²) in [4.78, 5) is 16.3. The number of fused-ring (bicyclic) bond motifs is 4. The van der Waals surface area contributed by atoms with Crippen LogP contribution in [0.5, 0.6) is 0 Å². The van der Waals surface area contributed by atoms with Gasteiger partial charge in [-0.15, -0.1) is 24.8 Å². The van der Waals surface area contributed by atoms with Gasteiger partial charge in [0.25, 0.3) is 0 Å². The lowest BCUT2D eigenvalue weighted by Gasteiger charge is -2.24. The zero-order valence-corrected chi connectivity index (χ0v) is 20.9. The lowest BCUT2D eigenvalue weighted by molar-refractivity contribution is 0.613. The van der Waals surface area contributed by atoms with Gasteiger partial charge in [0.1, 0.15) is 11.2 Å². The van der Waals surface area contributed by atoms with Gasteiger partial charge in [0.2, 0.25) is 0 Å². The van der Waals surface area contributed by atoms with E-state index in [9.17, 15) is 0 Å². The summed E-state index contributed by atoms with van der Waals surface area (Å²) in [6.07, 6.45) is 5.72. The van der Waals surface area contributed by atoms with Crippen LogP contribution in [-0.4, -0.2) is 23.1 Å². The standard InChI is InChI=1S/C27H26N4O.2ClH/c1-3-15-31(16-4-2)20-9-10-23-25(17-20)32-26-18-24(29-19-11-13-28-14-12-19)21-7-5-6-8-22(21)27(26)30-23;;/h5-14,17-18H,3-4,15-16H2,1-2H3;2*1H. The van der Waals surface area contributed by atoms with E-state index >= 15 is 0 Å². The Kier molecular flexibility index (Phi) is 8.48. The number of benzene rings is 3. The monoisotopic (exact) mass is 494 g/mol. The van der Waals surface area contributed by atoms with Gasteiger partial charge in [0, 0.05) is 54.1 Å². The van der Waals surface area contributed by atoms with E-state index in [4.69, 9.17) is 14.4 Å². The Morgan fingerprint density at radius 2 is 1.56 bits per heavy atom. The summed E-state index contributed by atoms with van der Waals surface area (Å²) in [7, 11) is 0. The van der Waals surface area contributed by atoms with Crippen LogP contribution in [0.15, 0.2) is 82.5 Å². The highest BCUT2D eigenvalue weighted by atomic mass is 35.5. The van der Waals surface area contributed by atoms with Crippen molar-refractivity contribution in [3.8, 4) is 11.5 Å². The molecule has 0 amide bonds. The average molecular weight is 495 g/mol. The molecule has 0 bridgehead atoms. The van der Waals surface area contributed by atoms with Crippen molar-refractivity contribution >= 4 is 58.1 Å². The molecule has 2 aliphatic rings. The largest absolute Gasteiger partial charge is 0.453 e. The molecule has 0 unspecified atom stereocenters. The van der Waals surface area contributed by atoms with Gasteiger partial charge in [-0.2, -0.15) is 0 Å². The third-order valence-electron chi connectivity index (χ3n) is 5.62. The molecule has 5 nitrogen and oxygen atoms in total. The average Bonchev–Trinajstić information content (AvgIpc) is 2.83. The number of nitrogens with zero attached hydrogens (tertiary/aromatic N) is 4. The molecule has 0 atom stereocenters. The van der Waals surface area contributed by atoms with Gasteiger partial charge in [0.05, 0.1) is 11.0 Å². The smallest absolute Gasteiger partial charge is 0.155 e. The topological polar surface area (TPSA) is 54.5 Å². The highest BCUT2D eigenvalue weighted by molar-refractivity contribution is 5.96. The van der Waals surface area contributed by atoms with E-state index in [1.165, 1.54) is 5.69 Å². The quantitative estimate of drug-likeness (QED) is 0.185. The summed E-state index contributed by atoms with van der Waals surface area (Å²) in [5.74, 6) is 0.735. The minimum atomic E-state index is 0. The van der Waals surface area contributed by atoms with E-state index in [1.807, 2.05) is 30.3 Å². The van der Waals surface area contributed by atoms with E-state index in [0.29, 0.717) is 0 Å². The molecule has 0 spiro atoms. The van der Waals surface area contributed by atoms with Crippen LogP contribution >= 0.6 is 24.8 Å². The first-order chi connectivity index (χ1) is 15.8. The van der Waals surface area contributed by atoms with Crippen LogP contribution in [0.25, 0.3) is 33.3 Å². The lowest BCUT2D eigenvalue weighted by Crippen LogP contribution is -2.24. The van der Waals surface area contributed by atoms with E-state index in [2.05, 4.69) is 54.1 Å². The number of anilines is 1. The Labute approximate surface area is 211 Å². The van der Waals surface area contributed by atoms with Crippen molar-refractivity contribution in [2.24, 2.45) is 4.99 Å². The van der Waals surface area contributed by atoms with Crippen LogP contribution in [0, 0.1) is 0 Å². The highest BCUT2D eigenvalue weighted by Crippen LogP contribution is 2.32. The summed E-state index contributed by atoms with van der Waals surface area (Å²) in [6.45, 7) is 6.48. The van der Waals surface area contributed by atoms with Crippen molar-refractivity contribution in [2.75, 3.05) is 18.0 Å². The Morgan fingerprint density at radius 1 is 0.853 bits per heavy atom. The zero-order chi connectivity index (χ0) is 21.9. The van der Waals surface area contributed by atoms with Crippen molar-refractivity contribution in [3.63, 3.8) is 0 Å². The second-order valence-corrected chi connectivity index (χ2v) is 7.96. The highest BCUT2D eigenvalue weighted by Gasteiger charge is 2.16. The number of halogens is 2. The first-order valence-electron chi connectivity index (χ1n) is 11.2. The first kappa shape index (κ1) is 25.5. The molecule has 0 N–H and O–H groups in total. The fourth-order valence-electron chi connectivity index (χ4n) is 4.18. The number of hydrogen-bond acceptors (Lipinski definition) is 5. The van der Waals surface area contributed by atoms with Crippen LogP contribution in [0.1, 0.15) is 26.7 Å². The summed E-state index contributed by atoms with van der Waals surface area (Å²) in [5, 5.41) is 2.94. The molecule has 0 radical (unpaired) electrons. The number of pyridine rings is 1. The maximum Gasteiger partial charge on any atom is 0.155 e. The molecule has 7 heteroatoms. The molecule has 3 aromatic rings. The number of hydrogen-bond donors (Lipinski definition) is 0. The van der Waals surface area contributed by atoms with Gasteiger partial charge in [-0.05, 0) is 37.1 Å². The van der Waals surface area contributed by atoms with Gasteiger partial charge in [-0.25, -0.2) is 9.98 Å². The van der Waals surface area contributed by atoms with Gasteiger partial charge in [-0.1, -0.05) is 38.1 Å². The van der Waals surface area contributed by atoms with E-state index in [1.54, 1.807) is 12.4 Å². The summed E-state index contributed by atoms with van der Waals surface area (Å²) >= 11 is 0. The molecule has 2 heterocycles. The van der Waals surface area contributed by atoms with Gasteiger partial charge < -0.3 is 9.32 Å². The normalized spacial score (nSPS) is 11.4. The molecule has 1 aromatic heterocycles. The summed E-state index contributed by atoms with van der Waals surface area (Å²) in [6, 6.07) is 20.3. The summed E-state index contributed by atoms with van der Waals surface area (Å²) < 4.78 is 6.42. The molecule has 1 aliphatic carbocycles. The Balaban J connectivity index is 0.00000162. The molecule has 0 fully saturated rings. The van der Waals surface area contributed by atoms with Crippen LogP contribution in [0.3, 0.4) is 0 Å². The molecule has 5 rings (SSSR count). The van der Waals surface area contributed by atoms with Crippen molar-refractivity contribution in [2.45, 2.75) is 26.7 Å². The van der Waals surface area contributed by atoms with Gasteiger partial charge in [0.15, 0.2) is 11.3 Å². The summed E-state index contributed by atoms with van der Waals surface area (Å²) in [5.41, 5.74) is 4.54. The van der Waals surface area contributed by atoms with Crippen molar-refractivity contribution in [1.82, 2.24) is 9.97 Å². The van der Waals surface area contributed by atoms with Crippen molar-refractivity contribution < 1.29 is 4.42 Å². The van der Waals surface area contributed by atoms with Crippen LogP contribution in [0.4, 0.5) is 11.4 Å². The maximum atomic E-state index is 6.42. The third kappa shape index (κ3) is 5.01. The van der Waals surface area contributed by atoms with Gasteiger partial charge in [-0.3, -0.25) is 4.98 Å². The molecular formula is C27H28Cl2N4O. The number of aromatic nitrogens is 2. The van der Waals surface area contributed by atoms with Crippen LogP contribution in [-0.2, 0) is 0 Å². The predicted octanol–water partition coefficient (Wildman–Crippen LogP) is 7.18. The minimum absolute atomic E-state index is 0. The Hall–Kier alpha value is -3.15. The fraction of sp³-hybridized carbons (Fsp3) is 0.222. The second-order valence-electron chi connectivity index (χ2n) is 7.96.